The van der Waals surface area contributed by atoms with E-state index < -0.39 is 0 Å². The van der Waals surface area contributed by atoms with Gasteiger partial charge in [-0.05, 0) is 42.5 Å². The van der Waals surface area contributed by atoms with E-state index in [9.17, 15) is 9.59 Å². The number of likely N-dealkylation sites (tertiary alicyclic amines) is 1. The molecule has 6 heteroatoms. The van der Waals surface area contributed by atoms with Crippen molar-refractivity contribution in [3.63, 3.8) is 0 Å². The SMILES string of the molecule is O=C(c1ccccc1)c1cc(Cl)ccc1NCC(=O)N1CCCC1c1cccs1. The second-order valence-corrected chi connectivity index (χ2v) is 8.41. The second-order valence-electron chi connectivity index (χ2n) is 7.00. The Morgan fingerprint density at radius 2 is 1.93 bits per heavy atom. The highest BCUT2D eigenvalue weighted by Crippen LogP contribution is 2.34. The predicted octanol–water partition coefficient (Wildman–Crippen LogP) is 5.41. The summed E-state index contributed by atoms with van der Waals surface area (Å²) in [5.41, 5.74) is 1.66. The Balaban J connectivity index is 1.50. The lowest BCUT2D eigenvalue weighted by Gasteiger charge is -2.24. The van der Waals surface area contributed by atoms with Crippen LogP contribution in [0.25, 0.3) is 0 Å². The minimum absolute atomic E-state index is 0.0361. The van der Waals surface area contributed by atoms with Crippen molar-refractivity contribution >= 4 is 40.3 Å². The fraction of sp³-hybridized carbons (Fsp3) is 0.217. The molecule has 2 heterocycles. The molecule has 0 aliphatic carbocycles. The molecule has 1 N–H and O–H groups in total. The Kier molecular flexibility index (Phi) is 5.97. The Hall–Kier alpha value is -2.63. The van der Waals surface area contributed by atoms with E-state index in [0.29, 0.717) is 21.8 Å². The first-order valence-electron chi connectivity index (χ1n) is 9.59. The number of rotatable bonds is 6. The zero-order valence-corrected chi connectivity index (χ0v) is 17.4. The predicted molar refractivity (Wildman–Crippen MR) is 118 cm³/mol. The number of hydrogen-bond donors (Lipinski definition) is 1. The number of carbonyl (C=O) groups is 2. The monoisotopic (exact) mass is 424 g/mol. The molecule has 1 atom stereocenters. The van der Waals surface area contributed by atoms with Gasteiger partial charge in [0.2, 0.25) is 5.91 Å². The first-order valence-corrected chi connectivity index (χ1v) is 10.9. The molecule has 4 nitrogen and oxygen atoms in total. The number of hydrogen-bond acceptors (Lipinski definition) is 4. The Morgan fingerprint density at radius 1 is 1.10 bits per heavy atom. The van der Waals surface area contributed by atoms with Crippen molar-refractivity contribution in [3.8, 4) is 0 Å². The summed E-state index contributed by atoms with van der Waals surface area (Å²) >= 11 is 7.82. The Labute approximate surface area is 179 Å². The minimum atomic E-state index is -0.124. The van der Waals surface area contributed by atoms with Crippen LogP contribution >= 0.6 is 22.9 Å². The number of carbonyl (C=O) groups excluding carboxylic acids is 2. The lowest BCUT2D eigenvalue weighted by Crippen LogP contribution is -2.35. The van der Waals surface area contributed by atoms with Gasteiger partial charge in [-0.25, -0.2) is 0 Å². The van der Waals surface area contributed by atoms with Crippen LogP contribution in [-0.4, -0.2) is 29.7 Å². The first kappa shape index (κ1) is 19.7. The Morgan fingerprint density at radius 3 is 2.69 bits per heavy atom. The smallest absolute Gasteiger partial charge is 0.242 e. The van der Waals surface area contributed by atoms with Gasteiger partial charge in [0, 0.05) is 33.3 Å². The maximum atomic E-state index is 12.9. The molecule has 2 aromatic carbocycles. The van der Waals surface area contributed by atoms with Crippen LogP contribution < -0.4 is 5.32 Å². The van der Waals surface area contributed by atoms with Crippen LogP contribution in [-0.2, 0) is 4.79 Å². The van der Waals surface area contributed by atoms with E-state index in [1.807, 2.05) is 34.5 Å². The summed E-state index contributed by atoms with van der Waals surface area (Å²) in [4.78, 5) is 29.0. The third-order valence-corrected chi connectivity index (χ3v) is 6.35. The number of halogens is 1. The number of benzene rings is 2. The molecule has 29 heavy (non-hydrogen) atoms. The maximum Gasteiger partial charge on any atom is 0.242 e. The van der Waals surface area contributed by atoms with Crippen LogP contribution in [0.2, 0.25) is 5.02 Å². The molecule has 3 aromatic rings. The fourth-order valence-corrected chi connectivity index (χ4v) is 4.76. The molecule has 4 rings (SSSR count). The highest BCUT2D eigenvalue weighted by molar-refractivity contribution is 7.10. The van der Waals surface area contributed by atoms with Crippen molar-refractivity contribution in [1.29, 1.82) is 0 Å². The molecular weight excluding hydrogens is 404 g/mol. The van der Waals surface area contributed by atoms with E-state index in [2.05, 4.69) is 11.4 Å². The number of amides is 1. The molecule has 1 aromatic heterocycles. The summed E-state index contributed by atoms with van der Waals surface area (Å²) in [6.07, 6.45) is 2.00. The van der Waals surface area contributed by atoms with Gasteiger partial charge >= 0.3 is 0 Å². The summed E-state index contributed by atoms with van der Waals surface area (Å²) in [5, 5.41) is 5.70. The molecule has 0 saturated carbocycles. The standard InChI is InChI=1S/C23H21ClN2O2S/c24-17-10-11-19(18(14-17)23(28)16-6-2-1-3-7-16)25-15-22(27)26-12-4-8-20(26)21-9-5-13-29-21/h1-3,5-7,9-11,13-14,20,25H,4,8,12,15H2. The summed E-state index contributed by atoms with van der Waals surface area (Å²) in [6.45, 7) is 0.901. The topological polar surface area (TPSA) is 49.4 Å². The molecule has 1 fully saturated rings. The molecular formula is C23H21ClN2O2S. The van der Waals surface area contributed by atoms with Crippen LogP contribution in [0.3, 0.4) is 0 Å². The molecule has 1 aliphatic heterocycles. The van der Waals surface area contributed by atoms with Crippen LogP contribution in [0.1, 0.15) is 39.7 Å². The average molecular weight is 425 g/mol. The summed E-state index contributed by atoms with van der Waals surface area (Å²) < 4.78 is 0. The van der Waals surface area contributed by atoms with Gasteiger partial charge < -0.3 is 10.2 Å². The molecule has 0 radical (unpaired) electrons. The molecule has 1 aliphatic rings. The lowest BCUT2D eigenvalue weighted by atomic mass is 10.0. The summed E-state index contributed by atoms with van der Waals surface area (Å²) in [6, 6.07) is 18.5. The number of nitrogens with one attached hydrogen (secondary N) is 1. The van der Waals surface area contributed by atoms with Gasteiger partial charge in [0.1, 0.15) is 0 Å². The minimum Gasteiger partial charge on any atom is -0.376 e. The molecule has 148 valence electrons. The largest absolute Gasteiger partial charge is 0.376 e. The van der Waals surface area contributed by atoms with Gasteiger partial charge in [-0.2, -0.15) is 0 Å². The molecule has 1 amide bonds. The average Bonchev–Trinajstić information content (AvgIpc) is 3.44. The van der Waals surface area contributed by atoms with Gasteiger partial charge in [-0.15, -0.1) is 11.3 Å². The normalized spacial score (nSPS) is 16.0. The van der Waals surface area contributed by atoms with Crippen LogP contribution in [0.5, 0.6) is 0 Å². The van der Waals surface area contributed by atoms with E-state index in [4.69, 9.17) is 11.6 Å². The van der Waals surface area contributed by atoms with Gasteiger partial charge in [0.05, 0.1) is 12.6 Å². The highest BCUT2D eigenvalue weighted by Gasteiger charge is 2.30. The van der Waals surface area contributed by atoms with Crippen molar-refractivity contribution in [3.05, 3.63) is 87.1 Å². The van der Waals surface area contributed by atoms with Crippen molar-refractivity contribution < 1.29 is 9.59 Å². The third kappa shape index (κ3) is 4.36. The zero-order valence-electron chi connectivity index (χ0n) is 15.8. The fourth-order valence-electron chi connectivity index (χ4n) is 3.72. The molecule has 0 bridgehead atoms. The summed E-state index contributed by atoms with van der Waals surface area (Å²) in [5.74, 6) is -0.0883. The Bertz CT molecular complexity index is 1000. The van der Waals surface area contributed by atoms with Crippen molar-refractivity contribution in [2.45, 2.75) is 18.9 Å². The highest BCUT2D eigenvalue weighted by atomic mass is 35.5. The van der Waals surface area contributed by atoms with Gasteiger partial charge in [0.25, 0.3) is 0 Å². The quantitative estimate of drug-likeness (QED) is 0.538. The van der Waals surface area contributed by atoms with Gasteiger partial charge in [-0.3, -0.25) is 9.59 Å². The summed E-state index contributed by atoms with van der Waals surface area (Å²) in [7, 11) is 0. The third-order valence-electron chi connectivity index (χ3n) is 5.14. The van der Waals surface area contributed by atoms with Crippen LogP contribution in [0, 0.1) is 0 Å². The number of nitrogens with zero attached hydrogens (tertiary/aromatic N) is 1. The number of anilines is 1. The van der Waals surface area contributed by atoms with Crippen molar-refractivity contribution in [1.82, 2.24) is 4.90 Å². The van der Waals surface area contributed by atoms with Crippen molar-refractivity contribution in [2.24, 2.45) is 0 Å². The van der Waals surface area contributed by atoms with Gasteiger partial charge in [-0.1, -0.05) is 48.0 Å². The van der Waals surface area contributed by atoms with Crippen molar-refractivity contribution in [2.75, 3.05) is 18.4 Å². The molecule has 1 unspecified atom stereocenters. The van der Waals surface area contributed by atoms with E-state index in [0.717, 1.165) is 19.4 Å². The van der Waals surface area contributed by atoms with Crippen LogP contribution in [0.4, 0.5) is 5.69 Å². The van der Waals surface area contributed by atoms with E-state index in [1.54, 1.807) is 41.7 Å². The number of thiophene rings is 1. The van der Waals surface area contributed by atoms with E-state index in [1.165, 1.54) is 4.88 Å². The maximum absolute atomic E-state index is 12.9. The lowest BCUT2D eigenvalue weighted by molar-refractivity contribution is -0.130. The van der Waals surface area contributed by atoms with E-state index in [-0.39, 0.29) is 24.3 Å². The number of ketones is 1. The molecule has 0 spiro atoms. The zero-order chi connectivity index (χ0) is 20.2. The van der Waals surface area contributed by atoms with Crippen LogP contribution in [0.15, 0.2) is 66.0 Å². The van der Waals surface area contributed by atoms with E-state index >= 15 is 0 Å². The van der Waals surface area contributed by atoms with Gasteiger partial charge in [0.15, 0.2) is 5.78 Å². The second kappa shape index (κ2) is 8.80. The molecule has 1 saturated heterocycles. The first-order chi connectivity index (χ1) is 14.1.